The Kier molecular flexibility index (Phi) is 8.46. The molecule has 0 saturated carbocycles. The largest absolute Gasteiger partial charge is 0.457 e. The topological polar surface area (TPSA) is 63.2 Å². The molecule has 1 aliphatic rings. The van der Waals surface area contributed by atoms with E-state index in [1.807, 2.05) is 42.5 Å². The molecule has 5 nitrogen and oxygen atoms in total. The van der Waals surface area contributed by atoms with Crippen molar-refractivity contribution in [3.63, 3.8) is 0 Å². The van der Waals surface area contributed by atoms with Crippen LogP contribution in [0, 0.1) is 5.92 Å². The third-order valence-corrected chi connectivity index (χ3v) is 4.77. The van der Waals surface area contributed by atoms with Gasteiger partial charge in [0.05, 0.1) is 5.92 Å². The molecule has 0 bridgehead atoms. The van der Waals surface area contributed by atoms with Crippen LogP contribution in [-0.2, 0) is 4.79 Å². The molecule has 2 heterocycles. The summed E-state index contributed by atoms with van der Waals surface area (Å²) in [5.74, 6) is 1.48. The van der Waals surface area contributed by atoms with Gasteiger partial charge in [0.25, 0.3) is 0 Å². The predicted molar refractivity (Wildman–Crippen MR) is 119 cm³/mol. The van der Waals surface area contributed by atoms with Crippen molar-refractivity contribution >= 4 is 36.4 Å². The lowest BCUT2D eigenvalue weighted by molar-refractivity contribution is -0.119. The summed E-state index contributed by atoms with van der Waals surface area (Å²) in [4.78, 5) is 16.8. The van der Waals surface area contributed by atoms with Crippen LogP contribution in [0.3, 0.4) is 0 Å². The third kappa shape index (κ3) is 5.70. The van der Waals surface area contributed by atoms with E-state index in [4.69, 9.17) is 4.74 Å². The molecule has 1 fully saturated rings. The minimum Gasteiger partial charge on any atom is -0.457 e. The lowest BCUT2D eigenvalue weighted by Crippen LogP contribution is -2.28. The highest BCUT2D eigenvalue weighted by molar-refractivity contribution is 5.93. The van der Waals surface area contributed by atoms with Crippen LogP contribution >= 0.6 is 24.8 Å². The minimum atomic E-state index is -0.0998. The number of carbonyl (C=O) groups excluding carboxylic acids is 1. The van der Waals surface area contributed by atoms with Crippen LogP contribution in [0.25, 0.3) is 0 Å². The van der Waals surface area contributed by atoms with Gasteiger partial charge in [-0.15, -0.1) is 24.8 Å². The first-order valence-corrected chi connectivity index (χ1v) is 9.04. The van der Waals surface area contributed by atoms with E-state index >= 15 is 0 Å². The fourth-order valence-electron chi connectivity index (χ4n) is 3.42. The maximum Gasteiger partial charge on any atom is 0.229 e. The van der Waals surface area contributed by atoms with Crippen LogP contribution in [-0.4, -0.2) is 24.0 Å². The van der Waals surface area contributed by atoms with E-state index in [2.05, 4.69) is 27.8 Å². The number of pyridine rings is 1. The van der Waals surface area contributed by atoms with Crippen LogP contribution in [0.4, 0.5) is 5.69 Å². The second kappa shape index (κ2) is 10.8. The molecule has 2 N–H and O–H groups in total. The number of halogens is 2. The molecule has 2 unspecified atom stereocenters. The molecule has 7 heteroatoms. The Balaban J connectivity index is 0.00000150. The molecule has 1 amide bonds. The lowest BCUT2D eigenvalue weighted by atomic mass is 9.88. The van der Waals surface area contributed by atoms with E-state index in [1.165, 1.54) is 5.56 Å². The van der Waals surface area contributed by atoms with E-state index in [-0.39, 0.29) is 42.6 Å². The Morgan fingerprint density at radius 3 is 2.45 bits per heavy atom. The van der Waals surface area contributed by atoms with Crippen molar-refractivity contribution in [2.45, 2.75) is 5.92 Å². The monoisotopic (exact) mass is 431 g/mol. The normalized spacial score (nSPS) is 17.5. The zero-order chi connectivity index (χ0) is 18.5. The number of benzene rings is 2. The van der Waals surface area contributed by atoms with Crippen molar-refractivity contribution in [1.82, 2.24) is 10.3 Å². The highest BCUT2D eigenvalue weighted by Crippen LogP contribution is 2.30. The quantitative estimate of drug-likeness (QED) is 0.616. The van der Waals surface area contributed by atoms with Crippen LogP contribution in [0.2, 0.25) is 0 Å². The van der Waals surface area contributed by atoms with Crippen molar-refractivity contribution < 1.29 is 9.53 Å². The van der Waals surface area contributed by atoms with Gasteiger partial charge in [0.15, 0.2) is 0 Å². The molecule has 0 spiro atoms. The molecule has 3 aromatic rings. The Hall–Kier alpha value is -2.60. The van der Waals surface area contributed by atoms with E-state index in [1.54, 1.807) is 24.5 Å². The van der Waals surface area contributed by atoms with Crippen molar-refractivity contribution in [2.75, 3.05) is 18.4 Å². The zero-order valence-electron chi connectivity index (χ0n) is 15.7. The smallest absolute Gasteiger partial charge is 0.229 e. The molecule has 2 atom stereocenters. The van der Waals surface area contributed by atoms with E-state index in [9.17, 15) is 4.79 Å². The fraction of sp³-hybridized carbons (Fsp3) is 0.182. The summed E-state index contributed by atoms with van der Waals surface area (Å²) < 4.78 is 5.81. The average Bonchev–Trinajstić information content (AvgIpc) is 3.20. The number of anilines is 1. The number of hydrogen-bond donors (Lipinski definition) is 2. The first kappa shape index (κ1) is 22.7. The minimum absolute atomic E-state index is 0. The first-order valence-electron chi connectivity index (χ1n) is 9.04. The van der Waals surface area contributed by atoms with E-state index in [0.717, 1.165) is 12.2 Å². The van der Waals surface area contributed by atoms with Crippen molar-refractivity contribution in [3.05, 3.63) is 84.7 Å². The lowest BCUT2D eigenvalue weighted by Gasteiger charge is -2.19. The Bertz CT molecular complexity index is 910. The number of rotatable bonds is 5. The molecule has 4 rings (SSSR count). The van der Waals surface area contributed by atoms with Gasteiger partial charge < -0.3 is 15.4 Å². The zero-order valence-corrected chi connectivity index (χ0v) is 17.3. The number of nitrogens with one attached hydrogen (secondary N) is 2. The molecule has 0 radical (unpaired) electrons. The molecule has 1 aliphatic heterocycles. The van der Waals surface area contributed by atoms with Crippen LogP contribution in [0.5, 0.6) is 11.5 Å². The standard InChI is InChI=1S/C22H21N3O2.2ClH/c26-22(21-15-24-14-20(21)16-5-2-1-3-6-16)25-17-7-4-8-19(13-17)27-18-9-11-23-12-10-18;;/h1-13,20-21,24H,14-15H2,(H,25,26);2*1H. The summed E-state index contributed by atoms with van der Waals surface area (Å²) in [6.07, 6.45) is 3.36. The molecular formula is C22H23Cl2N3O2. The highest BCUT2D eigenvalue weighted by atomic mass is 35.5. The summed E-state index contributed by atoms with van der Waals surface area (Å²) in [5, 5.41) is 6.38. The molecular weight excluding hydrogens is 409 g/mol. The van der Waals surface area contributed by atoms with Crippen molar-refractivity contribution in [2.24, 2.45) is 5.92 Å². The summed E-state index contributed by atoms with van der Waals surface area (Å²) in [7, 11) is 0. The van der Waals surface area contributed by atoms with E-state index in [0.29, 0.717) is 18.0 Å². The number of hydrogen-bond acceptors (Lipinski definition) is 4. The molecule has 29 heavy (non-hydrogen) atoms. The van der Waals surface area contributed by atoms with E-state index < -0.39 is 0 Å². The van der Waals surface area contributed by atoms with Gasteiger partial charge in [0, 0.05) is 43.2 Å². The average molecular weight is 432 g/mol. The predicted octanol–water partition coefficient (Wildman–Crippen LogP) is 4.66. The molecule has 2 aromatic carbocycles. The van der Waals surface area contributed by atoms with Crippen LogP contribution in [0.15, 0.2) is 79.1 Å². The van der Waals surface area contributed by atoms with Gasteiger partial charge in [0.1, 0.15) is 11.5 Å². The number of aromatic nitrogens is 1. The van der Waals surface area contributed by atoms with Gasteiger partial charge in [-0.1, -0.05) is 36.4 Å². The van der Waals surface area contributed by atoms with Crippen molar-refractivity contribution in [3.8, 4) is 11.5 Å². The van der Waals surface area contributed by atoms with Gasteiger partial charge in [-0.05, 0) is 29.8 Å². The maximum absolute atomic E-state index is 12.9. The summed E-state index contributed by atoms with van der Waals surface area (Å²) in [5.41, 5.74) is 1.92. The number of amides is 1. The van der Waals surface area contributed by atoms with Crippen molar-refractivity contribution in [1.29, 1.82) is 0 Å². The van der Waals surface area contributed by atoms with Gasteiger partial charge in [-0.3, -0.25) is 9.78 Å². The third-order valence-electron chi connectivity index (χ3n) is 4.77. The summed E-state index contributed by atoms with van der Waals surface area (Å²) >= 11 is 0. The number of ether oxygens (including phenoxy) is 1. The van der Waals surface area contributed by atoms with Gasteiger partial charge in [0.2, 0.25) is 5.91 Å². The van der Waals surface area contributed by atoms with Gasteiger partial charge in [-0.2, -0.15) is 0 Å². The summed E-state index contributed by atoms with van der Waals surface area (Å²) in [6.45, 7) is 1.49. The SMILES string of the molecule is Cl.Cl.O=C(Nc1cccc(Oc2ccncc2)c1)C1CNCC1c1ccccc1. The Morgan fingerprint density at radius 2 is 1.69 bits per heavy atom. The Labute approximate surface area is 182 Å². The highest BCUT2D eigenvalue weighted by Gasteiger charge is 2.33. The van der Waals surface area contributed by atoms with Gasteiger partial charge >= 0.3 is 0 Å². The molecule has 1 saturated heterocycles. The maximum atomic E-state index is 12.9. The second-order valence-electron chi connectivity index (χ2n) is 6.58. The van der Waals surface area contributed by atoms with Crippen LogP contribution < -0.4 is 15.4 Å². The number of carbonyl (C=O) groups is 1. The fourth-order valence-corrected chi connectivity index (χ4v) is 3.42. The molecule has 1 aromatic heterocycles. The molecule has 152 valence electrons. The summed E-state index contributed by atoms with van der Waals surface area (Å²) in [6, 6.07) is 21.2. The van der Waals surface area contributed by atoms with Crippen LogP contribution in [0.1, 0.15) is 11.5 Å². The Morgan fingerprint density at radius 1 is 0.931 bits per heavy atom. The van der Waals surface area contributed by atoms with Gasteiger partial charge in [-0.25, -0.2) is 0 Å². The molecule has 0 aliphatic carbocycles. The number of nitrogens with zero attached hydrogens (tertiary/aromatic N) is 1. The second-order valence-corrected chi connectivity index (χ2v) is 6.58. The first-order chi connectivity index (χ1) is 13.3.